The fourth-order valence-electron chi connectivity index (χ4n) is 2.27. The number of rotatable bonds is 5. The summed E-state index contributed by atoms with van der Waals surface area (Å²) in [7, 11) is 2.05. The van der Waals surface area contributed by atoms with Crippen molar-refractivity contribution in [2.75, 3.05) is 18.9 Å². The Hall–Kier alpha value is -2.13. The minimum absolute atomic E-state index is 0.0409. The van der Waals surface area contributed by atoms with Gasteiger partial charge in [-0.2, -0.15) is 0 Å². The van der Waals surface area contributed by atoms with Crippen LogP contribution in [-0.4, -0.2) is 19.5 Å². The van der Waals surface area contributed by atoms with Crippen LogP contribution < -0.4 is 10.2 Å². The van der Waals surface area contributed by atoms with Crippen molar-refractivity contribution in [2.45, 2.75) is 19.9 Å². The molecule has 1 unspecified atom stereocenters. The molecule has 0 aliphatic carbocycles. The van der Waals surface area contributed by atoms with Crippen LogP contribution in [0.3, 0.4) is 0 Å². The number of carbonyl (C=O) groups is 1. The summed E-state index contributed by atoms with van der Waals surface area (Å²) in [6.07, 6.45) is 0. The maximum Gasteiger partial charge on any atom is 0.279 e. The summed E-state index contributed by atoms with van der Waals surface area (Å²) >= 11 is 0. The maximum atomic E-state index is 12.1. The van der Waals surface area contributed by atoms with Gasteiger partial charge in [-0.25, -0.2) is 0 Å². The molecule has 2 atom stereocenters. The fourth-order valence-corrected chi connectivity index (χ4v) is 2.27. The van der Waals surface area contributed by atoms with Gasteiger partial charge in [-0.05, 0) is 26.0 Å². The fraction of sp³-hybridized carbons (Fsp3) is 0.278. The summed E-state index contributed by atoms with van der Waals surface area (Å²) < 4.78 is 0. The molecule has 0 aliphatic heterocycles. The molecule has 2 aromatic carbocycles. The first kappa shape index (κ1) is 15.3. The van der Waals surface area contributed by atoms with Gasteiger partial charge in [0, 0.05) is 11.3 Å². The van der Waals surface area contributed by atoms with Crippen LogP contribution in [0.15, 0.2) is 54.6 Å². The van der Waals surface area contributed by atoms with E-state index in [2.05, 4.69) is 24.4 Å². The standard InChI is InChI=1S/C18H22N2O/c1-14-9-11-17(12-10-14)19-18(21)13-20(3)15(2)16-7-5-4-6-8-16/h4-12,15H,13H2,1-3H3,(H,19,21)/p+1/t15-/m0/s1. The van der Waals surface area contributed by atoms with Crippen LogP contribution in [0, 0.1) is 6.92 Å². The van der Waals surface area contributed by atoms with E-state index in [-0.39, 0.29) is 11.9 Å². The van der Waals surface area contributed by atoms with Gasteiger partial charge < -0.3 is 10.2 Å². The van der Waals surface area contributed by atoms with Crippen molar-refractivity contribution in [1.29, 1.82) is 0 Å². The van der Waals surface area contributed by atoms with E-state index in [1.165, 1.54) is 16.0 Å². The molecule has 0 bridgehead atoms. The van der Waals surface area contributed by atoms with Crippen molar-refractivity contribution >= 4 is 11.6 Å². The number of likely N-dealkylation sites (N-methyl/N-ethyl adjacent to an activating group) is 1. The third-order valence-corrected chi connectivity index (χ3v) is 3.81. The van der Waals surface area contributed by atoms with Gasteiger partial charge in [0.15, 0.2) is 6.54 Å². The monoisotopic (exact) mass is 283 g/mol. The maximum absolute atomic E-state index is 12.1. The van der Waals surface area contributed by atoms with Gasteiger partial charge in [-0.15, -0.1) is 0 Å². The van der Waals surface area contributed by atoms with Crippen molar-refractivity contribution in [2.24, 2.45) is 0 Å². The summed E-state index contributed by atoms with van der Waals surface area (Å²) in [5.74, 6) is 0.0409. The van der Waals surface area contributed by atoms with E-state index in [0.717, 1.165) is 5.69 Å². The Morgan fingerprint density at radius 3 is 2.33 bits per heavy atom. The lowest BCUT2D eigenvalue weighted by atomic mass is 10.1. The second-order valence-corrected chi connectivity index (χ2v) is 5.57. The van der Waals surface area contributed by atoms with Crippen molar-refractivity contribution < 1.29 is 9.69 Å². The summed E-state index contributed by atoms with van der Waals surface area (Å²) in [5, 5.41) is 2.95. The molecule has 0 saturated heterocycles. The number of aryl methyl sites for hydroxylation is 1. The van der Waals surface area contributed by atoms with Crippen LogP contribution in [0.4, 0.5) is 5.69 Å². The zero-order valence-electron chi connectivity index (χ0n) is 12.9. The van der Waals surface area contributed by atoms with E-state index in [1.54, 1.807) is 0 Å². The van der Waals surface area contributed by atoms with Gasteiger partial charge in [0.1, 0.15) is 6.04 Å². The molecular formula is C18H23N2O+. The van der Waals surface area contributed by atoms with Gasteiger partial charge in [-0.3, -0.25) is 4.79 Å². The largest absolute Gasteiger partial charge is 0.324 e. The molecule has 2 rings (SSSR count). The minimum Gasteiger partial charge on any atom is -0.324 e. The molecule has 0 heterocycles. The molecular weight excluding hydrogens is 260 g/mol. The van der Waals surface area contributed by atoms with Crippen LogP contribution >= 0.6 is 0 Å². The Labute approximate surface area is 126 Å². The Balaban J connectivity index is 1.91. The molecule has 0 radical (unpaired) electrons. The number of hydrogen-bond donors (Lipinski definition) is 2. The van der Waals surface area contributed by atoms with Crippen molar-refractivity contribution in [3.05, 3.63) is 65.7 Å². The quantitative estimate of drug-likeness (QED) is 0.866. The first-order chi connectivity index (χ1) is 10.1. The predicted octanol–water partition coefficient (Wildman–Crippen LogP) is 2.21. The van der Waals surface area contributed by atoms with E-state index in [1.807, 2.05) is 56.4 Å². The van der Waals surface area contributed by atoms with E-state index in [0.29, 0.717) is 6.54 Å². The predicted molar refractivity (Wildman–Crippen MR) is 86.4 cm³/mol. The highest BCUT2D eigenvalue weighted by atomic mass is 16.2. The number of benzene rings is 2. The molecule has 21 heavy (non-hydrogen) atoms. The molecule has 0 spiro atoms. The van der Waals surface area contributed by atoms with Gasteiger partial charge >= 0.3 is 0 Å². The zero-order chi connectivity index (χ0) is 15.2. The summed E-state index contributed by atoms with van der Waals surface area (Å²) in [6.45, 7) is 4.62. The van der Waals surface area contributed by atoms with Gasteiger partial charge in [0.25, 0.3) is 5.91 Å². The lowest BCUT2D eigenvalue weighted by Crippen LogP contribution is -3.10. The minimum atomic E-state index is 0.0409. The Morgan fingerprint density at radius 1 is 1.10 bits per heavy atom. The lowest BCUT2D eigenvalue weighted by molar-refractivity contribution is -0.902. The van der Waals surface area contributed by atoms with E-state index >= 15 is 0 Å². The van der Waals surface area contributed by atoms with Crippen LogP contribution in [0.25, 0.3) is 0 Å². The summed E-state index contributed by atoms with van der Waals surface area (Å²) in [5.41, 5.74) is 3.29. The average Bonchev–Trinajstić information content (AvgIpc) is 2.49. The summed E-state index contributed by atoms with van der Waals surface area (Å²) in [6, 6.07) is 18.4. The Kier molecular flexibility index (Phi) is 5.12. The molecule has 0 fully saturated rings. The lowest BCUT2D eigenvalue weighted by Gasteiger charge is -2.21. The molecule has 1 amide bonds. The number of amides is 1. The van der Waals surface area contributed by atoms with Crippen molar-refractivity contribution in [3.63, 3.8) is 0 Å². The second-order valence-electron chi connectivity index (χ2n) is 5.57. The molecule has 0 aliphatic rings. The number of nitrogens with one attached hydrogen (secondary N) is 2. The van der Waals surface area contributed by atoms with Gasteiger partial charge in [-0.1, -0.05) is 48.0 Å². The summed E-state index contributed by atoms with van der Waals surface area (Å²) in [4.78, 5) is 13.3. The van der Waals surface area contributed by atoms with E-state index < -0.39 is 0 Å². The third kappa shape index (κ3) is 4.43. The number of hydrogen-bond acceptors (Lipinski definition) is 1. The first-order valence-corrected chi connectivity index (χ1v) is 7.30. The smallest absolute Gasteiger partial charge is 0.279 e. The highest BCUT2D eigenvalue weighted by Gasteiger charge is 2.18. The molecule has 2 aromatic rings. The van der Waals surface area contributed by atoms with E-state index in [9.17, 15) is 4.79 Å². The molecule has 0 aromatic heterocycles. The topological polar surface area (TPSA) is 33.5 Å². The van der Waals surface area contributed by atoms with Gasteiger partial charge in [0.05, 0.1) is 7.05 Å². The SMILES string of the molecule is Cc1ccc(NC(=O)C[NH+](C)[C@@H](C)c2ccccc2)cc1. The number of carbonyl (C=O) groups excluding carboxylic acids is 1. The van der Waals surface area contributed by atoms with Crippen molar-refractivity contribution in [3.8, 4) is 0 Å². The van der Waals surface area contributed by atoms with Crippen LogP contribution in [-0.2, 0) is 4.79 Å². The highest BCUT2D eigenvalue weighted by Crippen LogP contribution is 2.09. The van der Waals surface area contributed by atoms with Crippen LogP contribution in [0.1, 0.15) is 24.1 Å². The number of quaternary nitrogens is 1. The molecule has 0 saturated carbocycles. The number of anilines is 1. The molecule has 3 nitrogen and oxygen atoms in total. The highest BCUT2D eigenvalue weighted by molar-refractivity contribution is 5.91. The van der Waals surface area contributed by atoms with Crippen LogP contribution in [0.5, 0.6) is 0 Å². The van der Waals surface area contributed by atoms with Gasteiger partial charge in [0.2, 0.25) is 0 Å². The van der Waals surface area contributed by atoms with Crippen LogP contribution in [0.2, 0.25) is 0 Å². The first-order valence-electron chi connectivity index (χ1n) is 7.30. The van der Waals surface area contributed by atoms with E-state index in [4.69, 9.17) is 0 Å². The average molecular weight is 283 g/mol. The Bertz CT molecular complexity index is 578. The Morgan fingerprint density at radius 2 is 1.71 bits per heavy atom. The normalized spacial score (nSPS) is 13.5. The second kappa shape index (κ2) is 7.04. The zero-order valence-corrected chi connectivity index (χ0v) is 12.9. The molecule has 110 valence electrons. The van der Waals surface area contributed by atoms with Crippen molar-refractivity contribution in [1.82, 2.24) is 0 Å². The molecule has 2 N–H and O–H groups in total. The molecule has 3 heteroatoms. The third-order valence-electron chi connectivity index (χ3n) is 3.81.